The van der Waals surface area contributed by atoms with Crippen LogP contribution in [0.15, 0.2) is 6.07 Å². The number of hydrogen-bond acceptors (Lipinski definition) is 4. The molecule has 1 fully saturated rings. The zero-order valence-corrected chi connectivity index (χ0v) is 15.3. The van der Waals surface area contributed by atoms with Gasteiger partial charge in [0.15, 0.2) is 0 Å². The highest BCUT2D eigenvalue weighted by Gasteiger charge is 2.24. The molecule has 1 aromatic carbocycles. The molecular formula is C19H28N2O4. The van der Waals surface area contributed by atoms with Crippen LogP contribution in [0, 0.1) is 36.8 Å². The van der Waals surface area contributed by atoms with Crippen molar-refractivity contribution in [3.8, 4) is 0 Å². The van der Waals surface area contributed by atoms with Crippen molar-refractivity contribution in [2.24, 2.45) is 5.92 Å². The summed E-state index contributed by atoms with van der Waals surface area (Å²) < 4.78 is 0. The first-order chi connectivity index (χ1) is 11.8. The van der Waals surface area contributed by atoms with Crippen molar-refractivity contribution < 1.29 is 14.8 Å². The largest absolute Gasteiger partial charge is 0.393 e. The third-order valence-electron chi connectivity index (χ3n) is 5.25. The van der Waals surface area contributed by atoms with E-state index < -0.39 is 4.92 Å². The molecule has 0 aromatic heterocycles. The smallest absolute Gasteiger partial charge is 0.275 e. The second-order valence-corrected chi connectivity index (χ2v) is 7.13. The van der Waals surface area contributed by atoms with Crippen molar-refractivity contribution >= 4 is 11.6 Å². The highest BCUT2D eigenvalue weighted by Crippen LogP contribution is 2.29. The molecule has 2 rings (SSSR count). The van der Waals surface area contributed by atoms with Crippen LogP contribution in [0.5, 0.6) is 0 Å². The molecule has 0 aliphatic heterocycles. The number of nitro benzene ring substituents is 1. The zero-order valence-electron chi connectivity index (χ0n) is 15.3. The van der Waals surface area contributed by atoms with Crippen LogP contribution in [0.2, 0.25) is 0 Å². The molecule has 0 saturated heterocycles. The van der Waals surface area contributed by atoms with Gasteiger partial charge < -0.3 is 10.4 Å². The van der Waals surface area contributed by atoms with Crippen LogP contribution in [0.1, 0.15) is 65.6 Å². The van der Waals surface area contributed by atoms with Gasteiger partial charge in [0.05, 0.1) is 16.6 Å². The Bertz CT molecular complexity index is 657. The third kappa shape index (κ3) is 4.57. The first-order valence-corrected chi connectivity index (χ1v) is 9.04. The molecule has 2 N–H and O–H groups in total. The Hall–Kier alpha value is -1.95. The Morgan fingerprint density at radius 1 is 1.28 bits per heavy atom. The van der Waals surface area contributed by atoms with Gasteiger partial charge in [0, 0.05) is 17.7 Å². The lowest BCUT2D eigenvalue weighted by atomic mass is 9.83. The van der Waals surface area contributed by atoms with Gasteiger partial charge in [0.1, 0.15) is 0 Å². The number of nitrogens with zero attached hydrogens (tertiary/aromatic N) is 1. The van der Waals surface area contributed by atoms with Gasteiger partial charge >= 0.3 is 0 Å². The van der Waals surface area contributed by atoms with E-state index in [1.807, 2.05) is 0 Å². The molecule has 1 aliphatic carbocycles. The fourth-order valence-corrected chi connectivity index (χ4v) is 3.98. The van der Waals surface area contributed by atoms with E-state index in [0.29, 0.717) is 29.2 Å². The van der Waals surface area contributed by atoms with E-state index in [9.17, 15) is 20.0 Å². The molecule has 0 radical (unpaired) electrons. The minimum Gasteiger partial charge on any atom is -0.393 e. The second kappa shape index (κ2) is 8.43. The Morgan fingerprint density at radius 2 is 1.96 bits per heavy atom. The monoisotopic (exact) mass is 348 g/mol. The van der Waals surface area contributed by atoms with Crippen LogP contribution < -0.4 is 5.32 Å². The molecule has 2 atom stereocenters. The molecular weight excluding hydrogens is 320 g/mol. The van der Waals surface area contributed by atoms with Crippen LogP contribution in [0.3, 0.4) is 0 Å². The average Bonchev–Trinajstić information content (AvgIpc) is 2.52. The maximum Gasteiger partial charge on any atom is 0.275 e. The lowest BCUT2D eigenvalue weighted by Crippen LogP contribution is -2.29. The summed E-state index contributed by atoms with van der Waals surface area (Å²) in [5.41, 5.74) is 2.16. The molecule has 0 spiro atoms. The molecule has 138 valence electrons. The summed E-state index contributed by atoms with van der Waals surface area (Å²) in [7, 11) is 0. The van der Waals surface area contributed by atoms with Crippen molar-refractivity contribution in [3.63, 3.8) is 0 Å². The normalized spacial score (nSPS) is 20.3. The summed E-state index contributed by atoms with van der Waals surface area (Å²) in [4.78, 5) is 23.3. The lowest BCUT2D eigenvalue weighted by Gasteiger charge is -2.27. The number of benzene rings is 1. The number of nitro groups is 1. The van der Waals surface area contributed by atoms with Crippen molar-refractivity contribution in [2.75, 3.05) is 6.54 Å². The summed E-state index contributed by atoms with van der Waals surface area (Å²) in [6.45, 7) is 5.64. The average molecular weight is 348 g/mol. The number of carbonyl (C=O) groups excluding carboxylic acids is 1. The number of amides is 1. The molecule has 1 aliphatic rings. The summed E-state index contributed by atoms with van der Waals surface area (Å²) >= 11 is 0. The standard InChI is InChI=1S/C19H28N2O4/c1-12-11-13(2)18(21(24)25)14(3)17(12)19(23)20-10-6-8-15-7-4-5-9-16(15)22/h11,15-16,22H,4-10H2,1-3H3,(H,20,23). The SMILES string of the molecule is Cc1cc(C)c([N+](=O)[O-])c(C)c1C(=O)NCCCC1CCCCC1O. The van der Waals surface area contributed by atoms with Gasteiger partial charge in [0.25, 0.3) is 11.6 Å². The summed E-state index contributed by atoms with van der Waals surface area (Å²) in [6.07, 6.45) is 5.68. The van der Waals surface area contributed by atoms with E-state index in [-0.39, 0.29) is 17.7 Å². The Morgan fingerprint density at radius 3 is 2.60 bits per heavy atom. The Labute approximate surface area is 148 Å². The van der Waals surface area contributed by atoms with Crippen molar-refractivity contribution in [1.29, 1.82) is 0 Å². The van der Waals surface area contributed by atoms with Crippen molar-refractivity contribution in [2.45, 2.75) is 65.4 Å². The van der Waals surface area contributed by atoms with E-state index in [2.05, 4.69) is 5.32 Å². The van der Waals surface area contributed by atoms with Crippen LogP contribution in [0.4, 0.5) is 5.69 Å². The lowest BCUT2D eigenvalue weighted by molar-refractivity contribution is -0.386. The molecule has 1 amide bonds. The molecule has 6 heteroatoms. The van der Waals surface area contributed by atoms with Crippen LogP contribution in [-0.2, 0) is 0 Å². The highest BCUT2D eigenvalue weighted by molar-refractivity contribution is 5.98. The van der Waals surface area contributed by atoms with Crippen molar-refractivity contribution in [3.05, 3.63) is 38.4 Å². The summed E-state index contributed by atoms with van der Waals surface area (Å²) in [5, 5.41) is 24.1. The zero-order chi connectivity index (χ0) is 18.6. The molecule has 25 heavy (non-hydrogen) atoms. The number of aryl methyl sites for hydroxylation is 2. The fourth-order valence-electron chi connectivity index (χ4n) is 3.98. The summed E-state index contributed by atoms with van der Waals surface area (Å²) in [6, 6.07) is 1.69. The molecule has 6 nitrogen and oxygen atoms in total. The molecule has 2 unspecified atom stereocenters. The molecule has 1 aromatic rings. The minimum absolute atomic E-state index is 0.0149. The van der Waals surface area contributed by atoms with Gasteiger partial charge in [-0.2, -0.15) is 0 Å². The number of aliphatic hydroxyl groups excluding tert-OH is 1. The highest BCUT2D eigenvalue weighted by atomic mass is 16.6. The number of rotatable bonds is 6. The maximum absolute atomic E-state index is 12.5. The topological polar surface area (TPSA) is 92.5 Å². The molecule has 0 heterocycles. The summed E-state index contributed by atoms with van der Waals surface area (Å²) in [5.74, 6) is 0.0666. The van der Waals surface area contributed by atoms with E-state index in [4.69, 9.17) is 0 Å². The van der Waals surface area contributed by atoms with E-state index in [0.717, 1.165) is 37.7 Å². The van der Waals surface area contributed by atoms with Gasteiger partial charge in [0.2, 0.25) is 0 Å². The van der Waals surface area contributed by atoms with Crippen LogP contribution >= 0.6 is 0 Å². The van der Waals surface area contributed by atoms with Crippen LogP contribution in [-0.4, -0.2) is 28.6 Å². The van der Waals surface area contributed by atoms with Gasteiger partial charge in [-0.05, 0) is 64.0 Å². The van der Waals surface area contributed by atoms with Gasteiger partial charge in [-0.1, -0.05) is 12.8 Å². The molecule has 1 saturated carbocycles. The number of nitrogens with one attached hydrogen (secondary N) is 1. The maximum atomic E-state index is 12.5. The quantitative estimate of drug-likeness (QED) is 0.467. The number of carbonyl (C=O) groups is 1. The third-order valence-corrected chi connectivity index (χ3v) is 5.25. The van der Waals surface area contributed by atoms with Gasteiger partial charge in [-0.15, -0.1) is 0 Å². The van der Waals surface area contributed by atoms with Crippen molar-refractivity contribution in [1.82, 2.24) is 5.32 Å². The number of hydrogen-bond donors (Lipinski definition) is 2. The van der Waals surface area contributed by atoms with E-state index >= 15 is 0 Å². The predicted octanol–water partition coefficient (Wildman–Crippen LogP) is 3.58. The Kier molecular flexibility index (Phi) is 6.53. The van der Waals surface area contributed by atoms with Gasteiger partial charge in [-0.25, -0.2) is 0 Å². The number of aliphatic hydroxyl groups is 1. The predicted molar refractivity (Wildman–Crippen MR) is 96.8 cm³/mol. The second-order valence-electron chi connectivity index (χ2n) is 7.13. The molecule has 0 bridgehead atoms. The van der Waals surface area contributed by atoms with Gasteiger partial charge in [-0.3, -0.25) is 14.9 Å². The fraction of sp³-hybridized carbons (Fsp3) is 0.632. The van der Waals surface area contributed by atoms with Crippen LogP contribution in [0.25, 0.3) is 0 Å². The first-order valence-electron chi connectivity index (χ1n) is 9.04. The first kappa shape index (κ1) is 19.4. The van der Waals surface area contributed by atoms with E-state index in [1.165, 1.54) is 6.42 Å². The van der Waals surface area contributed by atoms with E-state index in [1.54, 1.807) is 26.8 Å². The minimum atomic E-state index is -0.425. The Balaban J connectivity index is 1.97.